The van der Waals surface area contributed by atoms with E-state index < -0.39 is 5.97 Å². The van der Waals surface area contributed by atoms with Crippen molar-refractivity contribution in [3.8, 4) is 0 Å². The summed E-state index contributed by atoms with van der Waals surface area (Å²) in [7, 11) is 0. The first-order chi connectivity index (χ1) is 8.97. The van der Waals surface area contributed by atoms with Gasteiger partial charge < -0.3 is 10.4 Å². The maximum atomic E-state index is 11.7. The lowest BCUT2D eigenvalue weighted by molar-refractivity contribution is -0.138. The summed E-state index contributed by atoms with van der Waals surface area (Å²) in [5.41, 5.74) is 0. The Morgan fingerprint density at radius 1 is 1.21 bits per heavy atom. The first kappa shape index (κ1) is 16.0. The fraction of sp³-hybridized carbons (Fsp3) is 0.867. The molecule has 0 aromatic rings. The monoisotopic (exact) mass is 269 g/mol. The highest BCUT2D eigenvalue weighted by Crippen LogP contribution is 2.26. The molecule has 110 valence electrons. The zero-order valence-electron chi connectivity index (χ0n) is 12.2. The maximum absolute atomic E-state index is 11.7. The molecular weight excluding hydrogens is 242 g/mol. The van der Waals surface area contributed by atoms with E-state index in [-0.39, 0.29) is 18.4 Å². The van der Waals surface area contributed by atoms with E-state index >= 15 is 0 Å². The molecular formula is C15H27NO3. The van der Waals surface area contributed by atoms with Crippen molar-refractivity contribution in [1.29, 1.82) is 0 Å². The van der Waals surface area contributed by atoms with Crippen molar-refractivity contribution in [2.45, 2.75) is 71.3 Å². The number of carbonyl (C=O) groups is 2. The number of nitrogens with one attached hydrogen (secondary N) is 1. The van der Waals surface area contributed by atoms with Crippen LogP contribution in [0.4, 0.5) is 0 Å². The molecule has 1 amide bonds. The lowest BCUT2D eigenvalue weighted by atomic mass is 9.84. The number of hydrogen-bond acceptors (Lipinski definition) is 2. The molecule has 2 N–H and O–H groups in total. The number of hydrogen-bond donors (Lipinski definition) is 2. The third kappa shape index (κ3) is 7.19. The minimum Gasteiger partial charge on any atom is -0.481 e. The Morgan fingerprint density at radius 2 is 1.84 bits per heavy atom. The van der Waals surface area contributed by atoms with Crippen LogP contribution < -0.4 is 5.32 Å². The molecule has 1 saturated carbocycles. The van der Waals surface area contributed by atoms with Gasteiger partial charge in [0.2, 0.25) is 5.91 Å². The molecule has 1 aliphatic rings. The van der Waals surface area contributed by atoms with Crippen molar-refractivity contribution < 1.29 is 14.7 Å². The fourth-order valence-corrected chi connectivity index (χ4v) is 2.73. The Hall–Kier alpha value is -1.06. The smallest absolute Gasteiger partial charge is 0.303 e. The number of carboxylic acids is 1. The van der Waals surface area contributed by atoms with Gasteiger partial charge in [-0.1, -0.05) is 20.3 Å². The average molecular weight is 269 g/mol. The molecule has 0 unspecified atom stereocenters. The number of aliphatic carboxylic acids is 1. The van der Waals surface area contributed by atoms with E-state index in [9.17, 15) is 9.59 Å². The average Bonchev–Trinajstić information content (AvgIpc) is 2.30. The van der Waals surface area contributed by atoms with E-state index in [0.29, 0.717) is 18.3 Å². The Kier molecular flexibility index (Phi) is 6.89. The van der Waals surface area contributed by atoms with Crippen LogP contribution in [0.2, 0.25) is 0 Å². The Balaban J connectivity index is 2.14. The number of amides is 1. The molecule has 0 aliphatic heterocycles. The summed E-state index contributed by atoms with van der Waals surface area (Å²) in [4.78, 5) is 22.4. The predicted molar refractivity (Wildman–Crippen MR) is 74.8 cm³/mol. The van der Waals surface area contributed by atoms with Gasteiger partial charge in [0.1, 0.15) is 0 Å². The Labute approximate surface area is 116 Å². The van der Waals surface area contributed by atoms with Gasteiger partial charge in [-0.2, -0.15) is 0 Å². The van der Waals surface area contributed by atoms with Crippen LogP contribution in [0.25, 0.3) is 0 Å². The van der Waals surface area contributed by atoms with E-state index in [1.165, 1.54) is 0 Å². The molecule has 0 aromatic heterocycles. The van der Waals surface area contributed by atoms with E-state index in [2.05, 4.69) is 19.2 Å². The van der Waals surface area contributed by atoms with Crippen molar-refractivity contribution in [1.82, 2.24) is 5.32 Å². The van der Waals surface area contributed by atoms with Crippen molar-refractivity contribution in [2.24, 2.45) is 11.8 Å². The van der Waals surface area contributed by atoms with Gasteiger partial charge in [0.15, 0.2) is 0 Å². The molecule has 1 rings (SSSR count). The van der Waals surface area contributed by atoms with Crippen LogP contribution in [-0.4, -0.2) is 23.0 Å². The zero-order valence-corrected chi connectivity index (χ0v) is 12.2. The minimum absolute atomic E-state index is 0.155. The van der Waals surface area contributed by atoms with Crippen molar-refractivity contribution in [3.05, 3.63) is 0 Å². The van der Waals surface area contributed by atoms with Crippen LogP contribution >= 0.6 is 0 Å². The summed E-state index contributed by atoms with van der Waals surface area (Å²) in [6.07, 6.45) is 6.63. The quantitative estimate of drug-likeness (QED) is 0.746. The second-order valence-corrected chi connectivity index (χ2v) is 6.17. The van der Waals surface area contributed by atoms with Gasteiger partial charge >= 0.3 is 5.97 Å². The van der Waals surface area contributed by atoms with Crippen LogP contribution in [0.15, 0.2) is 0 Å². The van der Waals surface area contributed by atoms with Crippen LogP contribution in [0.3, 0.4) is 0 Å². The summed E-state index contributed by atoms with van der Waals surface area (Å²) in [6, 6.07) is 0.261. The van der Waals surface area contributed by atoms with Crippen molar-refractivity contribution >= 4 is 11.9 Å². The maximum Gasteiger partial charge on any atom is 0.303 e. The molecule has 1 fully saturated rings. The normalized spacial score (nSPS) is 23.3. The molecule has 0 spiro atoms. The number of carbonyl (C=O) groups excluding carboxylic acids is 1. The Morgan fingerprint density at radius 3 is 2.37 bits per heavy atom. The van der Waals surface area contributed by atoms with E-state index in [0.717, 1.165) is 38.5 Å². The molecule has 0 heterocycles. The first-order valence-corrected chi connectivity index (χ1v) is 7.48. The summed E-state index contributed by atoms with van der Waals surface area (Å²) >= 11 is 0. The van der Waals surface area contributed by atoms with Gasteiger partial charge in [0, 0.05) is 18.9 Å². The van der Waals surface area contributed by atoms with Gasteiger partial charge in [0.05, 0.1) is 0 Å². The van der Waals surface area contributed by atoms with Crippen LogP contribution in [0.1, 0.15) is 65.2 Å². The van der Waals surface area contributed by atoms with Crippen LogP contribution in [0, 0.1) is 11.8 Å². The van der Waals surface area contributed by atoms with Crippen molar-refractivity contribution in [2.75, 3.05) is 0 Å². The lowest BCUT2D eigenvalue weighted by Gasteiger charge is -2.28. The van der Waals surface area contributed by atoms with Gasteiger partial charge in [-0.3, -0.25) is 9.59 Å². The third-order valence-electron chi connectivity index (χ3n) is 3.86. The second-order valence-electron chi connectivity index (χ2n) is 6.17. The lowest BCUT2D eigenvalue weighted by Crippen LogP contribution is -2.37. The summed E-state index contributed by atoms with van der Waals surface area (Å²) in [6.45, 7) is 4.34. The molecule has 19 heavy (non-hydrogen) atoms. The third-order valence-corrected chi connectivity index (χ3v) is 3.86. The first-order valence-electron chi connectivity index (χ1n) is 7.48. The molecule has 4 heteroatoms. The number of rotatable bonds is 7. The van der Waals surface area contributed by atoms with E-state index in [1.54, 1.807) is 0 Å². The topological polar surface area (TPSA) is 66.4 Å². The van der Waals surface area contributed by atoms with E-state index in [4.69, 9.17) is 5.11 Å². The van der Waals surface area contributed by atoms with Crippen LogP contribution in [-0.2, 0) is 9.59 Å². The molecule has 0 bridgehead atoms. The van der Waals surface area contributed by atoms with Crippen LogP contribution in [0.5, 0.6) is 0 Å². The molecule has 0 radical (unpaired) electrons. The predicted octanol–water partition coefficient (Wildman–Crippen LogP) is 2.96. The van der Waals surface area contributed by atoms with Gasteiger partial charge in [-0.15, -0.1) is 0 Å². The standard InChI is InChI=1S/C15H27NO3/c1-11(2)4-3-5-14(17)16-13-8-6-12(7-9-13)10-15(18)19/h11-13H,3-10H2,1-2H3,(H,16,17)(H,18,19). The van der Waals surface area contributed by atoms with E-state index in [1.807, 2.05) is 0 Å². The summed E-state index contributed by atoms with van der Waals surface area (Å²) < 4.78 is 0. The SMILES string of the molecule is CC(C)CCCC(=O)NC1CCC(CC(=O)O)CC1. The highest BCUT2D eigenvalue weighted by molar-refractivity contribution is 5.76. The fourth-order valence-electron chi connectivity index (χ4n) is 2.73. The molecule has 1 aliphatic carbocycles. The van der Waals surface area contributed by atoms with Gasteiger partial charge in [0.25, 0.3) is 0 Å². The summed E-state index contributed by atoms with van der Waals surface area (Å²) in [5.74, 6) is 0.398. The van der Waals surface area contributed by atoms with Gasteiger partial charge in [-0.25, -0.2) is 0 Å². The van der Waals surface area contributed by atoms with Gasteiger partial charge in [-0.05, 0) is 43.9 Å². The highest BCUT2D eigenvalue weighted by Gasteiger charge is 2.23. The molecule has 0 atom stereocenters. The number of carboxylic acid groups (broad SMARTS) is 1. The van der Waals surface area contributed by atoms with Crippen molar-refractivity contribution in [3.63, 3.8) is 0 Å². The minimum atomic E-state index is -0.707. The second kappa shape index (κ2) is 8.18. The largest absolute Gasteiger partial charge is 0.481 e. The summed E-state index contributed by atoms with van der Waals surface area (Å²) in [5, 5.41) is 11.8. The highest BCUT2D eigenvalue weighted by atomic mass is 16.4. The molecule has 4 nitrogen and oxygen atoms in total. The molecule has 0 aromatic carbocycles. The zero-order chi connectivity index (χ0) is 14.3. The Bertz CT molecular complexity index is 294. The molecule has 0 saturated heterocycles.